The normalized spacial score (nSPS) is 16.3. The topological polar surface area (TPSA) is 80.6 Å². The lowest BCUT2D eigenvalue weighted by Gasteiger charge is -2.13. The van der Waals surface area contributed by atoms with Crippen LogP contribution in [0.25, 0.3) is 5.69 Å². The molecular formula is C21H23F2N3O4. The van der Waals surface area contributed by atoms with Crippen molar-refractivity contribution in [1.29, 1.82) is 0 Å². The Morgan fingerprint density at radius 2 is 1.87 bits per heavy atom. The molecule has 0 bridgehead atoms. The first-order valence-corrected chi connectivity index (χ1v) is 9.62. The van der Waals surface area contributed by atoms with Crippen LogP contribution in [0.3, 0.4) is 0 Å². The van der Waals surface area contributed by atoms with E-state index in [2.05, 4.69) is 10.1 Å². The van der Waals surface area contributed by atoms with Crippen molar-refractivity contribution in [2.45, 2.75) is 46.3 Å². The Kier molecular flexibility index (Phi) is 6.19. The van der Waals surface area contributed by atoms with Gasteiger partial charge in [0.15, 0.2) is 5.78 Å². The van der Waals surface area contributed by atoms with Crippen molar-refractivity contribution in [3.05, 3.63) is 47.3 Å². The van der Waals surface area contributed by atoms with Crippen molar-refractivity contribution in [1.82, 2.24) is 14.8 Å². The second kappa shape index (κ2) is 8.64. The molecule has 1 fully saturated rings. The van der Waals surface area contributed by atoms with Gasteiger partial charge in [-0.1, -0.05) is 13.3 Å². The van der Waals surface area contributed by atoms with E-state index in [-0.39, 0.29) is 18.1 Å². The third kappa shape index (κ3) is 4.19. The van der Waals surface area contributed by atoms with Crippen molar-refractivity contribution in [3.63, 3.8) is 0 Å². The molecular weight excluding hydrogens is 396 g/mol. The number of nitrogens with one attached hydrogen (secondary N) is 1. The predicted octanol–water partition coefficient (Wildman–Crippen LogP) is 3.60. The van der Waals surface area contributed by atoms with Gasteiger partial charge in [-0.05, 0) is 50.6 Å². The van der Waals surface area contributed by atoms with Crippen LogP contribution in [-0.4, -0.2) is 46.4 Å². The summed E-state index contributed by atoms with van der Waals surface area (Å²) in [7, 11) is 0. The molecule has 30 heavy (non-hydrogen) atoms. The van der Waals surface area contributed by atoms with Crippen LogP contribution in [0.1, 0.15) is 41.5 Å². The molecule has 1 saturated heterocycles. The molecule has 7 nitrogen and oxygen atoms in total. The molecule has 0 spiro atoms. The lowest BCUT2D eigenvalue weighted by Crippen LogP contribution is -2.36. The summed E-state index contributed by atoms with van der Waals surface area (Å²) in [6, 6.07) is 6.60. The highest BCUT2D eigenvalue weighted by Crippen LogP contribution is 2.24. The van der Waals surface area contributed by atoms with Crippen molar-refractivity contribution >= 4 is 17.7 Å². The molecule has 1 aliphatic heterocycles. The summed E-state index contributed by atoms with van der Waals surface area (Å²) in [6.07, 6.45) is 1.26. The molecule has 2 heterocycles. The molecule has 0 saturated carbocycles. The van der Waals surface area contributed by atoms with Gasteiger partial charge < -0.3 is 14.6 Å². The Labute approximate surface area is 172 Å². The second-order valence-corrected chi connectivity index (χ2v) is 7.13. The van der Waals surface area contributed by atoms with Crippen LogP contribution < -0.4 is 10.1 Å². The van der Waals surface area contributed by atoms with E-state index < -0.39 is 24.6 Å². The van der Waals surface area contributed by atoms with Crippen LogP contribution in [-0.2, 0) is 4.79 Å². The fraction of sp³-hybridized carbons (Fsp3) is 0.381. The van der Waals surface area contributed by atoms with Crippen LogP contribution in [0.5, 0.6) is 5.75 Å². The van der Waals surface area contributed by atoms with E-state index in [4.69, 9.17) is 0 Å². The number of ketones is 1. The summed E-state index contributed by atoms with van der Waals surface area (Å²) < 4.78 is 30.8. The number of amides is 3. The molecule has 2 aromatic rings. The molecule has 3 amide bonds. The zero-order valence-electron chi connectivity index (χ0n) is 16.9. The van der Waals surface area contributed by atoms with E-state index in [1.807, 2.05) is 6.92 Å². The maximum Gasteiger partial charge on any atom is 0.387 e. The van der Waals surface area contributed by atoms with E-state index >= 15 is 0 Å². The Hall–Kier alpha value is -3.23. The molecule has 1 aromatic carbocycles. The fourth-order valence-electron chi connectivity index (χ4n) is 3.66. The lowest BCUT2D eigenvalue weighted by molar-refractivity contribution is -0.127. The lowest BCUT2D eigenvalue weighted by atomic mass is 10.1. The first-order valence-electron chi connectivity index (χ1n) is 9.62. The predicted molar refractivity (Wildman–Crippen MR) is 105 cm³/mol. The number of hydrogen-bond acceptors (Lipinski definition) is 4. The zero-order chi connectivity index (χ0) is 22.0. The quantitative estimate of drug-likeness (QED) is 0.524. The van der Waals surface area contributed by atoms with Crippen molar-refractivity contribution in [2.24, 2.45) is 0 Å². The van der Waals surface area contributed by atoms with Gasteiger partial charge in [0.05, 0.1) is 6.54 Å². The number of imide groups is 1. The number of alkyl halides is 2. The Morgan fingerprint density at radius 3 is 2.47 bits per heavy atom. The van der Waals surface area contributed by atoms with Gasteiger partial charge >= 0.3 is 12.6 Å². The molecule has 1 aliphatic rings. The molecule has 1 unspecified atom stereocenters. The van der Waals surface area contributed by atoms with Crippen LogP contribution in [0.2, 0.25) is 0 Å². The second-order valence-electron chi connectivity index (χ2n) is 7.13. The Balaban J connectivity index is 1.80. The molecule has 1 N–H and O–H groups in total. The van der Waals surface area contributed by atoms with E-state index in [0.717, 1.165) is 17.0 Å². The number of ether oxygens (including phenoxy) is 1. The molecule has 1 aromatic heterocycles. The first kappa shape index (κ1) is 21.5. The van der Waals surface area contributed by atoms with Crippen molar-refractivity contribution in [3.8, 4) is 11.4 Å². The average Bonchev–Trinajstić information content (AvgIpc) is 3.12. The largest absolute Gasteiger partial charge is 0.435 e. The van der Waals surface area contributed by atoms with Crippen molar-refractivity contribution in [2.75, 3.05) is 6.54 Å². The standard InChI is InChI=1S/C21H23F2N3O4/c1-4-5-17-19(28)25(21(29)24-17)11-18(27)16-10-12(2)26(13(16)3)14-6-8-15(9-7-14)30-20(22)23/h6-10,17,20H,4-5,11H2,1-3H3,(H,24,29). The number of Topliss-reactive ketones (excluding diaryl/α,β-unsaturated/α-hetero) is 1. The molecule has 1 atom stereocenters. The molecule has 9 heteroatoms. The monoisotopic (exact) mass is 419 g/mol. The van der Waals surface area contributed by atoms with E-state index in [9.17, 15) is 23.2 Å². The van der Waals surface area contributed by atoms with Gasteiger partial charge in [-0.25, -0.2) is 4.79 Å². The van der Waals surface area contributed by atoms with Crippen LogP contribution in [0.15, 0.2) is 30.3 Å². The van der Waals surface area contributed by atoms with Crippen LogP contribution >= 0.6 is 0 Å². The molecule has 0 aliphatic carbocycles. The number of benzene rings is 1. The van der Waals surface area contributed by atoms with E-state index in [0.29, 0.717) is 23.4 Å². The highest BCUT2D eigenvalue weighted by Gasteiger charge is 2.38. The fourth-order valence-corrected chi connectivity index (χ4v) is 3.66. The maximum absolute atomic E-state index is 12.9. The summed E-state index contributed by atoms with van der Waals surface area (Å²) in [5.41, 5.74) is 2.43. The number of carbonyl (C=O) groups excluding carboxylic acids is 3. The molecule has 3 rings (SSSR count). The number of urea groups is 1. The van der Waals surface area contributed by atoms with Crippen molar-refractivity contribution < 1.29 is 27.9 Å². The smallest absolute Gasteiger partial charge is 0.387 e. The number of rotatable bonds is 8. The number of aromatic nitrogens is 1. The van der Waals surface area contributed by atoms with Crippen LogP contribution in [0.4, 0.5) is 13.6 Å². The van der Waals surface area contributed by atoms with E-state index in [1.54, 1.807) is 36.6 Å². The first-order chi connectivity index (χ1) is 14.2. The van der Waals surface area contributed by atoms with Gasteiger partial charge in [0.25, 0.3) is 5.91 Å². The molecule has 160 valence electrons. The minimum Gasteiger partial charge on any atom is -0.435 e. The van der Waals surface area contributed by atoms with Gasteiger partial charge in [-0.2, -0.15) is 8.78 Å². The van der Waals surface area contributed by atoms with Gasteiger partial charge in [0.2, 0.25) is 0 Å². The summed E-state index contributed by atoms with van der Waals surface area (Å²) in [6.45, 7) is 2.22. The summed E-state index contributed by atoms with van der Waals surface area (Å²) in [4.78, 5) is 38.3. The Morgan fingerprint density at radius 1 is 1.20 bits per heavy atom. The summed E-state index contributed by atoms with van der Waals surface area (Å²) >= 11 is 0. The number of aryl methyl sites for hydroxylation is 1. The zero-order valence-corrected chi connectivity index (χ0v) is 16.9. The van der Waals surface area contributed by atoms with Gasteiger partial charge in [-0.15, -0.1) is 0 Å². The number of hydrogen-bond donors (Lipinski definition) is 1. The molecule has 0 radical (unpaired) electrons. The highest BCUT2D eigenvalue weighted by molar-refractivity contribution is 6.09. The van der Waals surface area contributed by atoms with Gasteiger partial charge in [0, 0.05) is 22.6 Å². The SMILES string of the molecule is CCCC1NC(=O)N(CC(=O)c2cc(C)n(-c3ccc(OC(F)F)cc3)c2C)C1=O. The van der Waals surface area contributed by atoms with Crippen LogP contribution in [0, 0.1) is 13.8 Å². The average molecular weight is 419 g/mol. The third-order valence-corrected chi connectivity index (χ3v) is 5.04. The number of carbonyl (C=O) groups is 3. The minimum absolute atomic E-state index is 0.0349. The number of halogens is 2. The minimum atomic E-state index is -2.91. The summed E-state index contributed by atoms with van der Waals surface area (Å²) in [5, 5.41) is 2.60. The highest BCUT2D eigenvalue weighted by atomic mass is 19.3. The number of nitrogens with zero attached hydrogens (tertiary/aromatic N) is 2. The van der Waals surface area contributed by atoms with Gasteiger partial charge in [0.1, 0.15) is 11.8 Å². The van der Waals surface area contributed by atoms with Gasteiger partial charge in [-0.3, -0.25) is 14.5 Å². The third-order valence-electron chi connectivity index (χ3n) is 5.04. The Bertz CT molecular complexity index is 969. The summed E-state index contributed by atoms with van der Waals surface area (Å²) in [5.74, 6) is -0.709. The van der Waals surface area contributed by atoms with E-state index in [1.165, 1.54) is 12.1 Å². The maximum atomic E-state index is 12.9.